The lowest BCUT2D eigenvalue weighted by molar-refractivity contribution is -0.123. The number of carbonyl (C=O) groups excluding carboxylic acids is 2. The minimum absolute atomic E-state index is 0.255. The Morgan fingerprint density at radius 2 is 1.55 bits per heavy atom. The van der Waals surface area contributed by atoms with Crippen molar-refractivity contribution >= 4 is 23.2 Å². The molecule has 0 bridgehead atoms. The van der Waals surface area contributed by atoms with Gasteiger partial charge in [-0.2, -0.15) is 0 Å². The van der Waals surface area contributed by atoms with Crippen LogP contribution in [0.5, 0.6) is 5.75 Å². The van der Waals surface area contributed by atoms with Crippen molar-refractivity contribution < 1.29 is 14.3 Å². The number of rotatable bonds is 6. The van der Waals surface area contributed by atoms with Crippen LogP contribution in [-0.4, -0.2) is 18.4 Å². The SMILES string of the molecule is CCOc1ccccc1NC(=O)CC(=O)Nc1ccccc1. The van der Waals surface area contributed by atoms with Crippen LogP contribution >= 0.6 is 0 Å². The Bertz CT molecular complexity index is 641. The molecule has 2 aromatic rings. The molecule has 0 aromatic heterocycles. The van der Waals surface area contributed by atoms with Crippen molar-refractivity contribution in [2.24, 2.45) is 0 Å². The summed E-state index contributed by atoms with van der Waals surface area (Å²) in [6, 6.07) is 16.1. The highest BCUT2D eigenvalue weighted by Gasteiger charge is 2.12. The first-order valence-electron chi connectivity index (χ1n) is 7.05. The third-order valence-corrected chi connectivity index (χ3v) is 2.84. The van der Waals surface area contributed by atoms with Gasteiger partial charge in [0.05, 0.1) is 12.3 Å². The van der Waals surface area contributed by atoms with Crippen molar-refractivity contribution in [2.75, 3.05) is 17.2 Å². The number of amides is 2. The van der Waals surface area contributed by atoms with Crippen LogP contribution in [0.4, 0.5) is 11.4 Å². The standard InChI is InChI=1S/C17H18N2O3/c1-2-22-15-11-7-6-10-14(15)19-17(21)12-16(20)18-13-8-4-3-5-9-13/h3-11H,2,12H2,1H3,(H,18,20)(H,19,21). The maximum atomic E-state index is 11.9. The average molecular weight is 298 g/mol. The van der Waals surface area contributed by atoms with Crippen LogP contribution in [0.3, 0.4) is 0 Å². The number of benzene rings is 2. The zero-order valence-electron chi connectivity index (χ0n) is 12.3. The molecular formula is C17H18N2O3. The average Bonchev–Trinajstić information content (AvgIpc) is 2.50. The van der Waals surface area contributed by atoms with Gasteiger partial charge in [0.2, 0.25) is 11.8 Å². The van der Waals surface area contributed by atoms with Gasteiger partial charge in [0.1, 0.15) is 12.2 Å². The summed E-state index contributed by atoms with van der Waals surface area (Å²) in [5.41, 5.74) is 1.22. The van der Waals surface area contributed by atoms with E-state index in [9.17, 15) is 9.59 Å². The topological polar surface area (TPSA) is 67.4 Å². The maximum absolute atomic E-state index is 11.9. The summed E-state index contributed by atoms with van der Waals surface area (Å²) in [5, 5.41) is 5.35. The van der Waals surface area contributed by atoms with Crippen LogP contribution in [0.1, 0.15) is 13.3 Å². The van der Waals surface area contributed by atoms with Gasteiger partial charge in [-0.15, -0.1) is 0 Å². The molecular weight excluding hydrogens is 280 g/mol. The number of para-hydroxylation sites is 3. The molecule has 114 valence electrons. The highest BCUT2D eigenvalue weighted by Crippen LogP contribution is 2.23. The monoisotopic (exact) mass is 298 g/mol. The predicted octanol–water partition coefficient (Wildman–Crippen LogP) is 3.05. The lowest BCUT2D eigenvalue weighted by atomic mass is 10.2. The summed E-state index contributed by atoms with van der Waals surface area (Å²) in [6.45, 7) is 2.37. The highest BCUT2D eigenvalue weighted by molar-refractivity contribution is 6.08. The second-order valence-corrected chi connectivity index (χ2v) is 4.57. The lowest BCUT2D eigenvalue weighted by Gasteiger charge is -2.11. The third kappa shape index (κ3) is 4.63. The van der Waals surface area contributed by atoms with Gasteiger partial charge < -0.3 is 15.4 Å². The van der Waals surface area contributed by atoms with Crippen LogP contribution in [0.15, 0.2) is 54.6 Å². The van der Waals surface area contributed by atoms with Crippen LogP contribution in [-0.2, 0) is 9.59 Å². The highest BCUT2D eigenvalue weighted by atomic mass is 16.5. The van der Waals surface area contributed by atoms with Crippen LogP contribution in [0.25, 0.3) is 0 Å². The molecule has 0 aliphatic carbocycles. The van der Waals surface area contributed by atoms with Crippen LogP contribution < -0.4 is 15.4 Å². The van der Waals surface area contributed by atoms with Gasteiger partial charge in [-0.3, -0.25) is 9.59 Å². The normalized spacial score (nSPS) is 9.86. The number of ether oxygens (including phenoxy) is 1. The van der Waals surface area contributed by atoms with Gasteiger partial charge in [-0.1, -0.05) is 30.3 Å². The van der Waals surface area contributed by atoms with E-state index in [-0.39, 0.29) is 18.2 Å². The number of carbonyl (C=O) groups is 2. The molecule has 5 heteroatoms. The second-order valence-electron chi connectivity index (χ2n) is 4.57. The van der Waals surface area contributed by atoms with Crippen molar-refractivity contribution in [3.8, 4) is 5.75 Å². The number of nitrogens with one attached hydrogen (secondary N) is 2. The van der Waals surface area contributed by atoms with Gasteiger partial charge in [-0.25, -0.2) is 0 Å². The van der Waals surface area contributed by atoms with Crippen molar-refractivity contribution in [2.45, 2.75) is 13.3 Å². The molecule has 0 heterocycles. The smallest absolute Gasteiger partial charge is 0.233 e. The zero-order chi connectivity index (χ0) is 15.8. The Morgan fingerprint density at radius 3 is 2.27 bits per heavy atom. The molecule has 2 aromatic carbocycles. The molecule has 0 fully saturated rings. The maximum Gasteiger partial charge on any atom is 0.233 e. The van der Waals surface area contributed by atoms with Crippen LogP contribution in [0, 0.1) is 0 Å². The minimum Gasteiger partial charge on any atom is -0.492 e. The quantitative estimate of drug-likeness (QED) is 0.805. The fourth-order valence-electron chi connectivity index (χ4n) is 1.92. The molecule has 5 nitrogen and oxygen atoms in total. The molecule has 0 saturated carbocycles. The summed E-state index contributed by atoms with van der Waals surface area (Å²) in [6.07, 6.45) is -0.255. The predicted molar refractivity (Wildman–Crippen MR) is 85.9 cm³/mol. The number of hydrogen-bond donors (Lipinski definition) is 2. The largest absolute Gasteiger partial charge is 0.492 e. The molecule has 0 atom stereocenters. The molecule has 0 saturated heterocycles. The van der Waals surface area contributed by atoms with Crippen LogP contribution in [0.2, 0.25) is 0 Å². The Hall–Kier alpha value is -2.82. The van der Waals surface area contributed by atoms with Gasteiger partial charge in [0.15, 0.2) is 0 Å². The fourth-order valence-corrected chi connectivity index (χ4v) is 1.92. The Kier molecular flexibility index (Phi) is 5.54. The molecule has 0 aliphatic heterocycles. The van der Waals surface area contributed by atoms with Crippen molar-refractivity contribution in [3.05, 3.63) is 54.6 Å². The van der Waals surface area contributed by atoms with E-state index >= 15 is 0 Å². The molecule has 2 N–H and O–H groups in total. The molecule has 0 radical (unpaired) electrons. The van der Waals surface area contributed by atoms with Crippen molar-refractivity contribution in [3.63, 3.8) is 0 Å². The van der Waals surface area contributed by atoms with E-state index in [1.807, 2.05) is 31.2 Å². The van der Waals surface area contributed by atoms with E-state index < -0.39 is 0 Å². The van der Waals surface area contributed by atoms with E-state index in [2.05, 4.69) is 10.6 Å². The minimum atomic E-state index is -0.388. The first kappa shape index (κ1) is 15.6. The molecule has 0 unspecified atom stereocenters. The van der Waals surface area contributed by atoms with Gasteiger partial charge in [-0.05, 0) is 31.2 Å². The van der Waals surface area contributed by atoms with Crippen molar-refractivity contribution in [1.82, 2.24) is 0 Å². The number of hydrogen-bond acceptors (Lipinski definition) is 3. The summed E-state index contributed by atoms with van der Waals surface area (Å²) in [4.78, 5) is 23.8. The van der Waals surface area contributed by atoms with E-state index in [1.165, 1.54) is 0 Å². The molecule has 2 rings (SSSR count). The van der Waals surface area contributed by atoms with Gasteiger partial charge >= 0.3 is 0 Å². The zero-order valence-corrected chi connectivity index (χ0v) is 12.3. The Labute approximate surface area is 129 Å². The fraction of sp³-hybridized carbons (Fsp3) is 0.176. The first-order valence-corrected chi connectivity index (χ1v) is 7.05. The molecule has 0 spiro atoms. The molecule has 0 aliphatic rings. The molecule has 2 amide bonds. The van der Waals surface area contributed by atoms with E-state index in [0.717, 1.165) is 0 Å². The van der Waals surface area contributed by atoms with E-state index in [4.69, 9.17) is 4.74 Å². The Balaban J connectivity index is 1.91. The lowest BCUT2D eigenvalue weighted by Crippen LogP contribution is -2.21. The summed E-state index contributed by atoms with van der Waals surface area (Å²) >= 11 is 0. The second kappa shape index (κ2) is 7.83. The van der Waals surface area contributed by atoms with Gasteiger partial charge in [0, 0.05) is 5.69 Å². The number of anilines is 2. The first-order chi connectivity index (χ1) is 10.7. The van der Waals surface area contributed by atoms with E-state index in [1.54, 1.807) is 30.3 Å². The molecule has 22 heavy (non-hydrogen) atoms. The van der Waals surface area contributed by atoms with Gasteiger partial charge in [0.25, 0.3) is 0 Å². The Morgan fingerprint density at radius 1 is 0.909 bits per heavy atom. The summed E-state index contributed by atoms with van der Waals surface area (Å²) in [7, 11) is 0. The third-order valence-electron chi connectivity index (χ3n) is 2.84. The van der Waals surface area contributed by atoms with E-state index in [0.29, 0.717) is 23.7 Å². The summed E-state index contributed by atoms with van der Waals surface area (Å²) in [5.74, 6) is -0.167. The summed E-state index contributed by atoms with van der Waals surface area (Å²) < 4.78 is 5.42. The van der Waals surface area contributed by atoms with Crippen molar-refractivity contribution in [1.29, 1.82) is 0 Å².